The van der Waals surface area contributed by atoms with Crippen molar-refractivity contribution in [3.63, 3.8) is 0 Å². The Kier molecular flexibility index (Phi) is 3.90. The molecule has 23 heavy (non-hydrogen) atoms. The Bertz CT molecular complexity index is 746. The van der Waals surface area contributed by atoms with Gasteiger partial charge in [-0.3, -0.25) is 9.59 Å². The average molecular weight is 308 g/mol. The van der Waals surface area contributed by atoms with Gasteiger partial charge >= 0.3 is 0 Å². The Hall–Kier alpha value is -2.62. The number of nitrogens with two attached hydrogens (primary N) is 1. The van der Waals surface area contributed by atoms with Crippen LogP contribution < -0.4 is 11.1 Å². The Morgan fingerprint density at radius 3 is 2.39 bits per heavy atom. The number of carbonyl (C=O) groups excluding carboxylic acids is 2. The lowest BCUT2D eigenvalue weighted by Gasteiger charge is -2.16. The number of amides is 2. The third kappa shape index (κ3) is 3.11. The summed E-state index contributed by atoms with van der Waals surface area (Å²) in [6.07, 6.45) is 1.78. The summed E-state index contributed by atoms with van der Waals surface area (Å²) in [4.78, 5) is 23.7. The van der Waals surface area contributed by atoms with Gasteiger partial charge in [0.05, 0.1) is 5.41 Å². The fourth-order valence-corrected chi connectivity index (χ4v) is 2.85. The highest BCUT2D eigenvalue weighted by atomic mass is 16.2. The van der Waals surface area contributed by atoms with Crippen LogP contribution in [0.5, 0.6) is 0 Å². The predicted molar refractivity (Wildman–Crippen MR) is 88.9 cm³/mol. The van der Waals surface area contributed by atoms with Gasteiger partial charge in [0.25, 0.3) is 0 Å². The van der Waals surface area contributed by atoms with Gasteiger partial charge in [0, 0.05) is 12.1 Å². The van der Waals surface area contributed by atoms with E-state index in [4.69, 9.17) is 5.73 Å². The molecule has 0 radical (unpaired) electrons. The van der Waals surface area contributed by atoms with Gasteiger partial charge in [0.15, 0.2) is 0 Å². The zero-order valence-electron chi connectivity index (χ0n) is 13.1. The maximum absolute atomic E-state index is 12.6. The Morgan fingerprint density at radius 1 is 1.13 bits per heavy atom. The fraction of sp³-hybridized carbons (Fsp3) is 0.263. The Labute approximate surface area is 135 Å². The van der Waals surface area contributed by atoms with Crippen molar-refractivity contribution in [3.8, 4) is 0 Å². The van der Waals surface area contributed by atoms with Crippen molar-refractivity contribution in [3.05, 3.63) is 70.8 Å². The van der Waals surface area contributed by atoms with Gasteiger partial charge in [-0.2, -0.15) is 0 Å². The van der Waals surface area contributed by atoms with E-state index in [1.54, 1.807) is 12.1 Å². The Morgan fingerprint density at radius 2 is 1.83 bits per heavy atom. The van der Waals surface area contributed by atoms with Gasteiger partial charge in [0.2, 0.25) is 11.8 Å². The van der Waals surface area contributed by atoms with Crippen molar-refractivity contribution in [1.29, 1.82) is 0 Å². The molecule has 3 N–H and O–H groups in total. The van der Waals surface area contributed by atoms with Crippen LogP contribution in [0, 0.1) is 6.92 Å². The predicted octanol–water partition coefficient (Wildman–Crippen LogP) is 2.44. The van der Waals surface area contributed by atoms with Gasteiger partial charge in [-0.05, 0) is 43.0 Å². The summed E-state index contributed by atoms with van der Waals surface area (Å²) >= 11 is 0. The summed E-state index contributed by atoms with van der Waals surface area (Å²) in [7, 11) is 0. The molecule has 1 fully saturated rings. The van der Waals surface area contributed by atoms with E-state index in [1.165, 1.54) is 5.56 Å². The van der Waals surface area contributed by atoms with E-state index in [2.05, 4.69) is 11.4 Å². The second-order valence-corrected chi connectivity index (χ2v) is 6.20. The summed E-state index contributed by atoms with van der Waals surface area (Å²) in [6.45, 7) is 2.49. The summed E-state index contributed by atoms with van der Waals surface area (Å²) < 4.78 is 0. The number of hydrogen-bond acceptors (Lipinski definition) is 2. The van der Waals surface area contributed by atoms with Crippen LogP contribution in [-0.4, -0.2) is 11.8 Å². The first-order chi connectivity index (χ1) is 11.0. The van der Waals surface area contributed by atoms with Crippen LogP contribution in [0.15, 0.2) is 48.5 Å². The van der Waals surface area contributed by atoms with Gasteiger partial charge in [-0.25, -0.2) is 0 Å². The van der Waals surface area contributed by atoms with Crippen molar-refractivity contribution in [2.24, 2.45) is 5.73 Å². The van der Waals surface area contributed by atoms with E-state index in [-0.39, 0.29) is 11.3 Å². The quantitative estimate of drug-likeness (QED) is 0.890. The Balaban J connectivity index is 1.66. The fourth-order valence-electron chi connectivity index (χ4n) is 2.85. The standard InChI is InChI=1S/C19H20N2O2/c1-13-3-2-4-16(11-13)19(9-10-19)18(23)21-12-14-5-7-15(8-6-14)17(20)22/h2-8,11H,9-10,12H2,1H3,(H2,20,22)(H,21,23). The number of benzene rings is 2. The first-order valence-corrected chi connectivity index (χ1v) is 7.75. The molecule has 0 bridgehead atoms. The van der Waals surface area contributed by atoms with Gasteiger partial charge < -0.3 is 11.1 Å². The van der Waals surface area contributed by atoms with Gasteiger partial charge in [0.1, 0.15) is 0 Å². The maximum atomic E-state index is 12.6. The molecule has 0 spiro atoms. The lowest BCUT2D eigenvalue weighted by molar-refractivity contribution is -0.123. The molecule has 0 saturated heterocycles. The van der Waals surface area contributed by atoms with Gasteiger partial charge in [-0.15, -0.1) is 0 Å². The first-order valence-electron chi connectivity index (χ1n) is 7.75. The molecule has 4 heteroatoms. The van der Waals surface area contributed by atoms with E-state index in [1.807, 2.05) is 37.3 Å². The number of primary amides is 1. The van der Waals surface area contributed by atoms with Crippen LogP contribution in [0.3, 0.4) is 0 Å². The summed E-state index contributed by atoms with van der Waals surface area (Å²) in [6, 6.07) is 15.1. The van der Waals surface area contributed by atoms with Crippen LogP contribution in [0.1, 0.15) is 39.9 Å². The minimum atomic E-state index is -0.447. The lowest BCUT2D eigenvalue weighted by atomic mass is 9.93. The van der Waals surface area contributed by atoms with Crippen molar-refractivity contribution in [2.75, 3.05) is 0 Å². The smallest absolute Gasteiger partial charge is 0.248 e. The first kappa shape index (κ1) is 15.3. The number of nitrogens with one attached hydrogen (secondary N) is 1. The van der Waals surface area contributed by atoms with Crippen LogP contribution in [0.25, 0.3) is 0 Å². The van der Waals surface area contributed by atoms with E-state index in [9.17, 15) is 9.59 Å². The van der Waals surface area contributed by atoms with Gasteiger partial charge in [-0.1, -0.05) is 42.0 Å². The third-order valence-electron chi connectivity index (χ3n) is 4.45. The van der Waals surface area contributed by atoms with E-state index < -0.39 is 5.91 Å². The third-order valence-corrected chi connectivity index (χ3v) is 4.45. The molecule has 4 nitrogen and oxygen atoms in total. The monoisotopic (exact) mass is 308 g/mol. The minimum Gasteiger partial charge on any atom is -0.366 e. The summed E-state index contributed by atoms with van der Waals surface area (Å²) in [5, 5.41) is 3.01. The van der Waals surface area contributed by atoms with E-state index in [0.717, 1.165) is 24.0 Å². The highest BCUT2D eigenvalue weighted by Gasteiger charge is 2.51. The zero-order chi connectivity index (χ0) is 16.4. The molecular formula is C19H20N2O2. The van der Waals surface area contributed by atoms with Crippen LogP contribution in [0.4, 0.5) is 0 Å². The molecule has 0 heterocycles. The molecule has 3 rings (SSSR count). The van der Waals surface area contributed by atoms with Crippen LogP contribution in [-0.2, 0) is 16.8 Å². The second-order valence-electron chi connectivity index (χ2n) is 6.20. The number of rotatable bonds is 5. The summed E-state index contributed by atoms with van der Waals surface area (Å²) in [5.74, 6) is -0.376. The van der Waals surface area contributed by atoms with E-state index in [0.29, 0.717) is 12.1 Å². The molecular weight excluding hydrogens is 288 g/mol. The van der Waals surface area contributed by atoms with Crippen molar-refractivity contribution in [2.45, 2.75) is 31.7 Å². The normalized spacial score (nSPS) is 15.0. The molecule has 118 valence electrons. The summed E-state index contributed by atoms with van der Waals surface area (Å²) in [5.41, 5.74) is 8.54. The van der Waals surface area contributed by atoms with Crippen LogP contribution in [0.2, 0.25) is 0 Å². The molecule has 0 aliphatic heterocycles. The lowest BCUT2D eigenvalue weighted by Crippen LogP contribution is -2.34. The molecule has 1 aliphatic rings. The highest BCUT2D eigenvalue weighted by Crippen LogP contribution is 2.48. The average Bonchev–Trinajstić information content (AvgIpc) is 3.35. The molecule has 0 aromatic heterocycles. The largest absolute Gasteiger partial charge is 0.366 e. The van der Waals surface area contributed by atoms with Crippen molar-refractivity contribution >= 4 is 11.8 Å². The van der Waals surface area contributed by atoms with Crippen molar-refractivity contribution in [1.82, 2.24) is 5.32 Å². The minimum absolute atomic E-state index is 0.0714. The number of aryl methyl sites for hydroxylation is 1. The molecule has 1 aliphatic carbocycles. The molecule has 2 aromatic rings. The molecule has 2 aromatic carbocycles. The maximum Gasteiger partial charge on any atom is 0.248 e. The van der Waals surface area contributed by atoms with E-state index >= 15 is 0 Å². The zero-order valence-corrected chi connectivity index (χ0v) is 13.1. The second kappa shape index (κ2) is 5.88. The molecule has 0 atom stereocenters. The van der Waals surface area contributed by atoms with Crippen molar-refractivity contribution < 1.29 is 9.59 Å². The molecule has 2 amide bonds. The number of carbonyl (C=O) groups is 2. The molecule has 0 unspecified atom stereocenters. The number of hydrogen-bond donors (Lipinski definition) is 2. The molecule has 1 saturated carbocycles. The van der Waals surface area contributed by atoms with Crippen LogP contribution >= 0.6 is 0 Å². The SMILES string of the molecule is Cc1cccc(C2(C(=O)NCc3ccc(C(N)=O)cc3)CC2)c1. The topological polar surface area (TPSA) is 72.2 Å². The highest BCUT2D eigenvalue weighted by molar-refractivity contribution is 5.93.